The van der Waals surface area contributed by atoms with E-state index in [2.05, 4.69) is 10.2 Å². The lowest BCUT2D eigenvalue weighted by molar-refractivity contribution is -0.135. The zero-order chi connectivity index (χ0) is 13.3. The van der Waals surface area contributed by atoms with Crippen molar-refractivity contribution in [3.8, 4) is 0 Å². The summed E-state index contributed by atoms with van der Waals surface area (Å²) in [5, 5.41) is 3.36. The third-order valence-electron chi connectivity index (χ3n) is 5.98. The highest BCUT2D eigenvalue weighted by Gasteiger charge is 2.50. The SMILES string of the molecule is NC(=O)C1(N2CCNCC2)CCC2(CCCC2)CC1. The Balaban J connectivity index is 1.74. The number of primary amides is 1. The van der Waals surface area contributed by atoms with E-state index in [-0.39, 0.29) is 11.4 Å². The van der Waals surface area contributed by atoms with Crippen LogP contribution in [0.15, 0.2) is 0 Å². The Labute approximate surface area is 116 Å². The van der Waals surface area contributed by atoms with Gasteiger partial charge >= 0.3 is 0 Å². The molecule has 0 unspecified atom stereocenters. The fourth-order valence-electron chi connectivity index (χ4n) is 4.63. The minimum absolute atomic E-state index is 0.0813. The molecule has 0 aromatic heterocycles. The van der Waals surface area contributed by atoms with Gasteiger partial charge in [-0.05, 0) is 43.9 Å². The van der Waals surface area contributed by atoms with Crippen molar-refractivity contribution < 1.29 is 4.79 Å². The minimum Gasteiger partial charge on any atom is -0.368 e. The molecule has 19 heavy (non-hydrogen) atoms. The molecule has 0 radical (unpaired) electrons. The van der Waals surface area contributed by atoms with Gasteiger partial charge in [-0.3, -0.25) is 9.69 Å². The lowest BCUT2D eigenvalue weighted by Gasteiger charge is -2.50. The van der Waals surface area contributed by atoms with Crippen LogP contribution >= 0.6 is 0 Å². The molecule has 108 valence electrons. The van der Waals surface area contributed by atoms with Gasteiger partial charge in [0.2, 0.25) is 5.91 Å². The first-order valence-electron chi connectivity index (χ1n) is 7.93. The van der Waals surface area contributed by atoms with Crippen LogP contribution in [0.3, 0.4) is 0 Å². The Kier molecular flexibility index (Phi) is 3.56. The average Bonchev–Trinajstić information content (AvgIpc) is 2.89. The summed E-state index contributed by atoms with van der Waals surface area (Å²) in [4.78, 5) is 14.5. The Hall–Kier alpha value is -0.610. The monoisotopic (exact) mass is 265 g/mol. The Morgan fingerprint density at radius 1 is 0.947 bits per heavy atom. The average molecular weight is 265 g/mol. The summed E-state index contributed by atoms with van der Waals surface area (Å²) in [5.41, 5.74) is 6.04. The fourth-order valence-corrected chi connectivity index (χ4v) is 4.63. The second-order valence-corrected chi connectivity index (χ2v) is 6.84. The highest BCUT2D eigenvalue weighted by Crippen LogP contribution is 2.52. The molecule has 1 aliphatic heterocycles. The van der Waals surface area contributed by atoms with E-state index < -0.39 is 0 Å². The summed E-state index contributed by atoms with van der Waals surface area (Å²) in [7, 11) is 0. The molecule has 3 N–H and O–H groups in total. The summed E-state index contributed by atoms with van der Waals surface area (Å²) in [6.07, 6.45) is 9.92. The second kappa shape index (κ2) is 5.06. The molecule has 2 saturated carbocycles. The molecule has 3 rings (SSSR count). The van der Waals surface area contributed by atoms with Crippen molar-refractivity contribution in [2.45, 2.75) is 56.9 Å². The van der Waals surface area contributed by atoms with Crippen LogP contribution in [-0.4, -0.2) is 42.5 Å². The van der Waals surface area contributed by atoms with Crippen LogP contribution < -0.4 is 11.1 Å². The maximum absolute atomic E-state index is 12.1. The maximum atomic E-state index is 12.1. The van der Waals surface area contributed by atoms with E-state index in [1.54, 1.807) is 0 Å². The second-order valence-electron chi connectivity index (χ2n) is 6.84. The molecule has 1 saturated heterocycles. The van der Waals surface area contributed by atoms with E-state index in [0.717, 1.165) is 39.0 Å². The Bertz CT molecular complexity index is 333. The molecule has 0 aromatic carbocycles. The van der Waals surface area contributed by atoms with Crippen molar-refractivity contribution in [3.63, 3.8) is 0 Å². The molecular formula is C15H27N3O. The number of piperazine rings is 1. The molecule has 0 atom stereocenters. The lowest BCUT2D eigenvalue weighted by Crippen LogP contribution is -2.63. The van der Waals surface area contributed by atoms with Crippen molar-refractivity contribution in [2.75, 3.05) is 26.2 Å². The maximum Gasteiger partial charge on any atom is 0.237 e. The number of amides is 1. The number of carbonyl (C=O) groups is 1. The van der Waals surface area contributed by atoms with Gasteiger partial charge in [-0.2, -0.15) is 0 Å². The number of carbonyl (C=O) groups excluding carboxylic acids is 1. The van der Waals surface area contributed by atoms with Gasteiger partial charge in [-0.15, -0.1) is 0 Å². The lowest BCUT2D eigenvalue weighted by atomic mass is 9.65. The van der Waals surface area contributed by atoms with Crippen molar-refractivity contribution in [1.29, 1.82) is 0 Å². The first kappa shape index (κ1) is 13.4. The summed E-state index contributed by atoms with van der Waals surface area (Å²) in [6, 6.07) is 0. The zero-order valence-electron chi connectivity index (χ0n) is 11.9. The standard InChI is InChI=1S/C15H27N3O/c16-13(19)15(18-11-9-17-10-12-18)7-5-14(6-8-15)3-1-2-4-14/h17H,1-12H2,(H2,16,19). The molecule has 1 heterocycles. The van der Waals surface area contributed by atoms with E-state index >= 15 is 0 Å². The summed E-state index contributed by atoms with van der Waals surface area (Å²) < 4.78 is 0. The molecule has 4 heteroatoms. The van der Waals surface area contributed by atoms with Gasteiger partial charge < -0.3 is 11.1 Å². The highest BCUT2D eigenvalue weighted by molar-refractivity contribution is 5.84. The Morgan fingerprint density at radius 2 is 1.53 bits per heavy atom. The fraction of sp³-hybridized carbons (Fsp3) is 0.933. The zero-order valence-corrected chi connectivity index (χ0v) is 11.9. The number of hydrogen-bond donors (Lipinski definition) is 2. The van der Waals surface area contributed by atoms with Crippen molar-refractivity contribution in [3.05, 3.63) is 0 Å². The quantitative estimate of drug-likeness (QED) is 0.790. The number of nitrogens with zero attached hydrogens (tertiary/aromatic N) is 1. The molecule has 1 amide bonds. The van der Waals surface area contributed by atoms with Crippen LogP contribution in [0.4, 0.5) is 0 Å². The predicted molar refractivity (Wildman–Crippen MR) is 75.7 cm³/mol. The summed E-state index contributed by atoms with van der Waals surface area (Å²) in [6.45, 7) is 3.91. The molecule has 2 aliphatic carbocycles. The first-order valence-corrected chi connectivity index (χ1v) is 7.93. The van der Waals surface area contributed by atoms with Crippen LogP contribution in [0.2, 0.25) is 0 Å². The minimum atomic E-state index is -0.337. The van der Waals surface area contributed by atoms with Gasteiger partial charge in [0.1, 0.15) is 5.54 Å². The van der Waals surface area contributed by atoms with E-state index in [9.17, 15) is 4.79 Å². The van der Waals surface area contributed by atoms with E-state index in [1.165, 1.54) is 38.5 Å². The summed E-state index contributed by atoms with van der Waals surface area (Å²) >= 11 is 0. The molecule has 0 aromatic rings. The topological polar surface area (TPSA) is 58.4 Å². The Morgan fingerprint density at radius 3 is 2.05 bits per heavy atom. The van der Waals surface area contributed by atoms with Gasteiger partial charge in [0.25, 0.3) is 0 Å². The van der Waals surface area contributed by atoms with Gasteiger partial charge in [0.15, 0.2) is 0 Å². The van der Waals surface area contributed by atoms with Crippen molar-refractivity contribution in [2.24, 2.45) is 11.1 Å². The van der Waals surface area contributed by atoms with E-state index in [1.807, 2.05) is 0 Å². The first-order chi connectivity index (χ1) is 9.17. The molecule has 3 fully saturated rings. The number of nitrogens with one attached hydrogen (secondary N) is 1. The van der Waals surface area contributed by atoms with Crippen molar-refractivity contribution >= 4 is 5.91 Å². The van der Waals surface area contributed by atoms with E-state index in [4.69, 9.17) is 5.73 Å². The molecule has 0 bridgehead atoms. The molecule has 1 spiro atoms. The number of rotatable bonds is 2. The number of hydrogen-bond acceptors (Lipinski definition) is 3. The van der Waals surface area contributed by atoms with E-state index in [0.29, 0.717) is 5.41 Å². The van der Waals surface area contributed by atoms with Crippen LogP contribution in [-0.2, 0) is 4.79 Å². The van der Waals surface area contributed by atoms with Gasteiger partial charge in [0.05, 0.1) is 0 Å². The van der Waals surface area contributed by atoms with Gasteiger partial charge in [0, 0.05) is 26.2 Å². The molecule has 3 aliphatic rings. The predicted octanol–water partition coefficient (Wildman–Crippen LogP) is 1.25. The van der Waals surface area contributed by atoms with Crippen LogP contribution in [0.1, 0.15) is 51.4 Å². The third kappa shape index (κ3) is 2.29. The van der Waals surface area contributed by atoms with Gasteiger partial charge in [-0.25, -0.2) is 0 Å². The van der Waals surface area contributed by atoms with Crippen molar-refractivity contribution in [1.82, 2.24) is 10.2 Å². The normalized spacial score (nSPS) is 30.5. The number of nitrogens with two attached hydrogens (primary N) is 1. The van der Waals surface area contributed by atoms with Crippen LogP contribution in [0, 0.1) is 5.41 Å². The highest BCUT2D eigenvalue weighted by atomic mass is 16.1. The summed E-state index contributed by atoms with van der Waals surface area (Å²) in [5.74, 6) is -0.0813. The third-order valence-corrected chi connectivity index (χ3v) is 5.98. The van der Waals surface area contributed by atoms with Crippen LogP contribution in [0.25, 0.3) is 0 Å². The van der Waals surface area contributed by atoms with Gasteiger partial charge in [-0.1, -0.05) is 12.8 Å². The largest absolute Gasteiger partial charge is 0.368 e. The smallest absolute Gasteiger partial charge is 0.237 e. The molecular weight excluding hydrogens is 238 g/mol. The molecule has 4 nitrogen and oxygen atoms in total. The van der Waals surface area contributed by atoms with Crippen LogP contribution in [0.5, 0.6) is 0 Å².